The number of hydrogen-bond acceptors (Lipinski definition) is 4. The summed E-state index contributed by atoms with van der Waals surface area (Å²) in [4.78, 5) is 26.4. The molecular formula is C21H26N4O4S. The van der Waals surface area contributed by atoms with Crippen LogP contribution in [0.25, 0.3) is 0 Å². The first-order chi connectivity index (χ1) is 14.2. The second-order valence-electron chi connectivity index (χ2n) is 7.56. The first-order valence-corrected chi connectivity index (χ1v) is 11.1. The number of rotatable bonds is 6. The van der Waals surface area contributed by atoms with E-state index in [1.807, 2.05) is 31.2 Å². The average Bonchev–Trinajstić information content (AvgIpc) is 3.08. The number of carbonyl (C=O) groups is 2. The highest BCUT2D eigenvalue weighted by Gasteiger charge is 2.30. The number of amides is 3. The topological polar surface area (TPSA) is 98.8 Å². The smallest absolute Gasteiger partial charge is 0.319 e. The van der Waals surface area contributed by atoms with E-state index in [-0.39, 0.29) is 16.7 Å². The summed E-state index contributed by atoms with van der Waals surface area (Å²) in [6.07, 6.45) is 0.380. The van der Waals surface area contributed by atoms with Gasteiger partial charge in [-0.05, 0) is 43.3 Å². The van der Waals surface area contributed by atoms with Crippen molar-refractivity contribution < 1.29 is 18.0 Å². The molecule has 1 aliphatic rings. The molecule has 1 unspecified atom stereocenters. The molecule has 2 aromatic rings. The van der Waals surface area contributed by atoms with Crippen LogP contribution in [-0.2, 0) is 14.8 Å². The number of hydrogen-bond donors (Lipinski definition) is 2. The fourth-order valence-corrected chi connectivity index (χ4v) is 4.13. The van der Waals surface area contributed by atoms with Crippen molar-refractivity contribution in [1.82, 2.24) is 9.62 Å². The number of nitrogens with one attached hydrogen (secondary N) is 2. The summed E-state index contributed by atoms with van der Waals surface area (Å²) < 4.78 is 25.3. The molecule has 0 spiro atoms. The van der Waals surface area contributed by atoms with Gasteiger partial charge in [0, 0.05) is 50.9 Å². The molecule has 2 N–H and O–H groups in total. The Labute approximate surface area is 176 Å². The molecule has 1 heterocycles. The van der Waals surface area contributed by atoms with E-state index in [0.29, 0.717) is 25.2 Å². The third-order valence-electron chi connectivity index (χ3n) is 4.99. The lowest BCUT2D eigenvalue weighted by atomic mass is 10.1. The number of nitrogens with zero attached hydrogens (tertiary/aromatic N) is 2. The van der Waals surface area contributed by atoms with Crippen molar-refractivity contribution >= 4 is 33.3 Å². The summed E-state index contributed by atoms with van der Waals surface area (Å²) in [5.74, 6) is 0.0703. The Balaban J connectivity index is 1.51. The molecule has 1 atom stereocenters. The first-order valence-electron chi connectivity index (χ1n) is 9.61. The predicted molar refractivity (Wildman–Crippen MR) is 116 cm³/mol. The molecule has 1 saturated heterocycles. The molecule has 8 nitrogen and oxygen atoms in total. The molecule has 1 aliphatic heterocycles. The lowest BCUT2D eigenvalue weighted by Crippen LogP contribution is -2.34. The van der Waals surface area contributed by atoms with Crippen molar-refractivity contribution in [1.29, 1.82) is 0 Å². The van der Waals surface area contributed by atoms with E-state index in [0.717, 1.165) is 15.6 Å². The van der Waals surface area contributed by atoms with Crippen molar-refractivity contribution in [2.24, 2.45) is 5.92 Å². The molecule has 2 aromatic carbocycles. The summed E-state index contributed by atoms with van der Waals surface area (Å²) in [6, 6.07) is 13.3. The Morgan fingerprint density at radius 2 is 1.73 bits per heavy atom. The van der Waals surface area contributed by atoms with Crippen LogP contribution in [0, 0.1) is 12.8 Å². The molecule has 0 aliphatic carbocycles. The lowest BCUT2D eigenvalue weighted by Gasteiger charge is -2.17. The van der Waals surface area contributed by atoms with Crippen LogP contribution in [-0.4, -0.2) is 51.8 Å². The van der Waals surface area contributed by atoms with Crippen LogP contribution in [0.1, 0.15) is 12.0 Å². The highest BCUT2D eigenvalue weighted by molar-refractivity contribution is 7.89. The number of sulfonamides is 1. The maximum absolute atomic E-state index is 12.3. The molecule has 3 rings (SSSR count). The van der Waals surface area contributed by atoms with Gasteiger partial charge in [-0.25, -0.2) is 17.5 Å². The molecule has 160 valence electrons. The average molecular weight is 431 g/mol. The monoisotopic (exact) mass is 430 g/mol. The molecule has 3 amide bonds. The summed E-state index contributed by atoms with van der Waals surface area (Å²) in [5.41, 5.74) is 2.48. The normalized spacial score (nSPS) is 16.7. The molecule has 0 aromatic heterocycles. The van der Waals surface area contributed by atoms with Crippen LogP contribution >= 0.6 is 0 Å². The molecular weight excluding hydrogens is 404 g/mol. The number of benzene rings is 2. The molecule has 9 heteroatoms. The van der Waals surface area contributed by atoms with Gasteiger partial charge in [0.15, 0.2) is 0 Å². The maximum atomic E-state index is 12.3. The Morgan fingerprint density at radius 1 is 1.10 bits per heavy atom. The van der Waals surface area contributed by atoms with E-state index < -0.39 is 16.1 Å². The Morgan fingerprint density at radius 3 is 2.33 bits per heavy atom. The highest BCUT2D eigenvalue weighted by atomic mass is 32.2. The minimum Gasteiger partial charge on any atom is -0.338 e. The van der Waals surface area contributed by atoms with Gasteiger partial charge >= 0.3 is 6.03 Å². The van der Waals surface area contributed by atoms with E-state index in [9.17, 15) is 18.0 Å². The zero-order valence-electron chi connectivity index (χ0n) is 17.3. The van der Waals surface area contributed by atoms with Crippen LogP contribution in [0.4, 0.5) is 16.2 Å². The summed E-state index contributed by atoms with van der Waals surface area (Å²) in [6.45, 7) is 2.92. The summed E-state index contributed by atoms with van der Waals surface area (Å²) in [5, 5.41) is 5.46. The van der Waals surface area contributed by atoms with E-state index in [1.165, 1.54) is 38.4 Å². The molecule has 0 saturated carbocycles. The molecule has 0 bridgehead atoms. The van der Waals surface area contributed by atoms with Gasteiger partial charge in [-0.15, -0.1) is 0 Å². The van der Waals surface area contributed by atoms with E-state index in [1.54, 1.807) is 4.90 Å². The van der Waals surface area contributed by atoms with Gasteiger partial charge in [-0.3, -0.25) is 4.79 Å². The number of anilines is 2. The van der Waals surface area contributed by atoms with Crippen LogP contribution in [0.5, 0.6) is 0 Å². The SMILES string of the molecule is Cc1ccc(N2CC(CNC(=O)Nc3ccc(S(=O)(=O)N(C)C)cc3)CC2=O)cc1. The van der Waals surface area contributed by atoms with Gasteiger partial charge in [-0.2, -0.15) is 0 Å². The van der Waals surface area contributed by atoms with E-state index >= 15 is 0 Å². The zero-order valence-corrected chi connectivity index (χ0v) is 18.1. The zero-order chi connectivity index (χ0) is 21.9. The van der Waals surface area contributed by atoms with Crippen molar-refractivity contribution in [2.75, 3.05) is 37.4 Å². The van der Waals surface area contributed by atoms with Gasteiger partial charge < -0.3 is 15.5 Å². The van der Waals surface area contributed by atoms with Crippen molar-refractivity contribution in [3.05, 3.63) is 54.1 Å². The van der Waals surface area contributed by atoms with Gasteiger partial charge in [0.2, 0.25) is 15.9 Å². The van der Waals surface area contributed by atoms with Gasteiger partial charge in [0.25, 0.3) is 0 Å². The quantitative estimate of drug-likeness (QED) is 0.735. The molecule has 1 fully saturated rings. The number of urea groups is 1. The van der Waals surface area contributed by atoms with E-state index in [2.05, 4.69) is 10.6 Å². The molecule has 30 heavy (non-hydrogen) atoms. The van der Waals surface area contributed by atoms with Crippen LogP contribution in [0.2, 0.25) is 0 Å². The van der Waals surface area contributed by atoms with E-state index in [4.69, 9.17) is 0 Å². The predicted octanol–water partition coefficient (Wildman–Crippen LogP) is 2.42. The number of carbonyl (C=O) groups excluding carboxylic acids is 2. The molecule has 0 radical (unpaired) electrons. The minimum atomic E-state index is -3.51. The highest BCUT2D eigenvalue weighted by Crippen LogP contribution is 2.25. The Hall–Kier alpha value is -2.91. The van der Waals surface area contributed by atoms with Crippen molar-refractivity contribution in [3.8, 4) is 0 Å². The summed E-state index contributed by atoms with van der Waals surface area (Å²) in [7, 11) is -0.589. The van der Waals surface area contributed by atoms with Crippen molar-refractivity contribution in [3.63, 3.8) is 0 Å². The summed E-state index contributed by atoms with van der Waals surface area (Å²) >= 11 is 0. The lowest BCUT2D eigenvalue weighted by molar-refractivity contribution is -0.117. The second-order valence-corrected chi connectivity index (χ2v) is 9.71. The fraction of sp³-hybridized carbons (Fsp3) is 0.333. The van der Waals surface area contributed by atoms with Gasteiger partial charge in [0.05, 0.1) is 4.90 Å². The minimum absolute atomic E-state index is 0.0252. The van der Waals surface area contributed by atoms with Crippen LogP contribution in [0.3, 0.4) is 0 Å². The standard InChI is InChI=1S/C21H26N4O4S/c1-15-4-8-18(9-5-15)25-14-16(12-20(25)26)13-22-21(27)23-17-6-10-19(11-7-17)30(28,29)24(2)3/h4-11,16H,12-14H2,1-3H3,(H2,22,23,27). The number of aryl methyl sites for hydroxylation is 1. The fourth-order valence-electron chi connectivity index (χ4n) is 3.23. The largest absolute Gasteiger partial charge is 0.338 e. The van der Waals surface area contributed by atoms with Gasteiger partial charge in [0.1, 0.15) is 0 Å². The second kappa shape index (κ2) is 8.85. The van der Waals surface area contributed by atoms with Crippen LogP contribution in [0.15, 0.2) is 53.4 Å². The van der Waals surface area contributed by atoms with Crippen LogP contribution < -0.4 is 15.5 Å². The Kier molecular flexibility index (Phi) is 6.42. The maximum Gasteiger partial charge on any atom is 0.319 e. The van der Waals surface area contributed by atoms with Gasteiger partial charge in [-0.1, -0.05) is 17.7 Å². The Bertz CT molecular complexity index is 1020. The third-order valence-corrected chi connectivity index (χ3v) is 6.82. The van der Waals surface area contributed by atoms with Crippen molar-refractivity contribution in [2.45, 2.75) is 18.2 Å². The third kappa shape index (κ3) is 4.98. The first kappa shape index (κ1) is 21.8.